The smallest absolute Gasteiger partial charge is 0.211 e. The fraction of sp³-hybridized carbons (Fsp3) is 0.667. The van der Waals surface area contributed by atoms with Crippen molar-refractivity contribution in [3.05, 3.63) is 17.8 Å². The van der Waals surface area contributed by atoms with Crippen LogP contribution in [-0.4, -0.2) is 18.2 Å². The number of hydrogen-bond donors (Lipinski definition) is 1. The van der Waals surface area contributed by atoms with Gasteiger partial charge in [0, 0.05) is 12.5 Å². The SMILES string of the molecule is CC(N)c1ncc(C2CCOC2)o1. The summed E-state index contributed by atoms with van der Waals surface area (Å²) in [5.41, 5.74) is 5.64. The van der Waals surface area contributed by atoms with Crippen LogP contribution < -0.4 is 5.73 Å². The molecule has 1 fully saturated rings. The summed E-state index contributed by atoms with van der Waals surface area (Å²) in [5, 5.41) is 0. The van der Waals surface area contributed by atoms with Gasteiger partial charge < -0.3 is 14.9 Å². The van der Waals surface area contributed by atoms with Crippen LogP contribution in [0.5, 0.6) is 0 Å². The van der Waals surface area contributed by atoms with Crippen LogP contribution in [0.4, 0.5) is 0 Å². The maximum Gasteiger partial charge on any atom is 0.211 e. The molecule has 0 saturated carbocycles. The van der Waals surface area contributed by atoms with Crippen LogP contribution in [-0.2, 0) is 4.74 Å². The second-order valence-electron chi connectivity index (χ2n) is 3.45. The van der Waals surface area contributed by atoms with Crippen LogP contribution in [0.1, 0.15) is 37.0 Å². The van der Waals surface area contributed by atoms with Gasteiger partial charge in [0.25, 0.3) is 0 Å². The highest BCUT2D eigenvalue weighted by molar-refractivity contribution is 5.04. The van der Waals surface area contributed by atoms with Gasteiger partial charge in [0.1, 0.15) is 5.76 Å². The van der Waals surface area contributed by atoms with Crippen LogP contribution >= 0.6 is 0 Å². The molecule has 0 radical (unpaired) electrons. The van der Waals surface area contributed by atoms with Crippen molar-refractivity contribution in [3.8, 4) is 0 Å². The fourth-order valence-corrected chi connectivity index (χ4v) is 1.46. The highest BCUT2D eigenvalue weighted by atomic mass is 16.5. The van der Waals surface area contributed by atoms with Crippen molar-refractivity contribution in [2.45, 2.75) is 25.3 Å². The van der Waals surface area contributed by atoms with Crippen LogP contribution in [0.25, 0.3) is 0 Å². The Morgan fingerprint density at radius 3 is 3.08 bits per heavy atom. The molecule has 2 heterocycles. The minimum absolute atomic E-state index is 0.129. The molecule has 2 atom stereocenters. The third-order valence-corrected chi connectivity index (χ3v) is 2.26. The van der Waals surface area contributed by atoms with Gasteiger partial charge in [-0.05, 0) is 13.3 Å². The van der Waals surface area contributed by atoms with Gasteiger partial charge >= 0.3 is 0 Å². The minimum atomic E-state index is -0.129. The predicted octanol–water partition coefficient (Wildman–Crippen LogP) is 1.20. The summed E-state index contributed by atoms with van der Waals surface area (Å²) in [6.07, 6.45) is 2.78. The summed E-state index contributed by atoms with van der Waals surface area (Å²) in [6.45, 7) is 3.42. The van der Waals surface area contributed by atoms with Crippen LogP contribution in [0.15, 0.2) is 10.6 Å². The van der Waals surface area contributed by atoms with Crippen LogP contribution in [0.2, 0.25) is 0 Å². The Kier molecular flexibility index (Phi) is 2.33. The standard InChI is InChI=1S/C9H14N2O2/c1-6(10)9-11-4-8(13-9)7-2-3-12-5-7/h4,6-7H,2-3,5,10H2,1H3. The van der Waals surface area contributed by atoms with Crippen molar-refractivity contribution in [1.82, 2.24) is 4.98 Å². The van der Waals surface area contributed by atoms with E-state index in [2.05, 4.69) is 4.98 Å². The molecule has 1 aromatic heterocycles. The summed E-state index contributed by atoms with van der Waals surface area (Å²) < 4.78 is 10.8. The molecule has 1 aromatic rings. The number of nitrogens with two attached hydrogens (primary N) is 1. The van der Waals surface area contributed by atoms with Gasteiger partial charge in [-0.3, -0.25) is 0 Å². The van der Waals surface area contributed by atoms with Gasteiger partial charge in [0.2, 0.25) is 5.89 Å². The predicted molar refractivity (Wildman–Crippen MR) is 47.3 cm³/mol. The van der Waals surface area contributed by atoms with E-state index >= 15 is 0 Å². The first-order chi connectivity index (χ1) is 6.27. The Morgan fingerprint density at radius 2 is 2.54 bits per heavy atom. The Bertz CT molecular complexity index is 277. The third kappa shape index (κ3) is 1.73. The first-order valence-corrected chi connectivity index (χ1v) is 4.56. The molecular formula is C9H14N2O2. The Hall–Kier alpha value is -0.870. The Balaban J connectivity index is 2.12. The molecule has 13 heavy (non-hydrogen) atoms. The van der Waals surface area contributed by atoms with Gasteiger partial charge in [0.05, 0.1) is 18.8 Å². The maximum atomic E-state index is 5.64. The Morgan fingerprint density at radius 1 is 1.69 bits per heavy atom. The number of aromatic nitrogens is 1. The van der Waals surface area contributed by atoms with E-state index in [-0.39, 0.29) is 6.04 Å². The van der Waals surface area contributed by atoms with E-state index in [0.717, 1.165) is 25.4 Å². The van der Waals surface area contributed by atoms with E-state index < -0.39 is 0 Å². The lowest BCUT2D eigenvalue weighted by molar-refractivity contribution is 0.191. The highest BCUT2D eigenvalue weighted by Crippen LogP contribution is 2.26. The third-order valence-electron chi connectivity index (χ3n) is 2.26. The van der Waals surface area contributed by atoms with Crippen molar-refractivity contribution in [2.24, 2.45) is 5.73 Å². The largest absolute Gasteiger partial charge is 0.444 e. The fourth-order valence-electron chi connectivity index (χ4n) is 1.46. The molecule has 0 amide bonds. The van der Waals surface area contributed by atoms with Gasteiger partial charge in [-0.25, -0.2) is 4.98 Å². The van der Waals surface area contributed by atoms with E-state index in [1.165, 1.54) is 0 Å². The first kappa shape index (κ1) is 8.72. The van der Waals surface area contributed by atoms with Gasteiger partial charge in [-0.15, -0.1) is 0 Å². The molecule has 0 aromatic carbocycles. The van der Waals surface area contributed by atoms with E-state index in [9.17, 15) is 0 Å². The molecule has 1 aliphatic rings. The average Bonchev–Trinajstić information content (AvgIpc) is 2.75. The monoisotopic (exact) mass is 182 g/mol. The zero-order valence-electron chi connectivity index (χ0n) is 7.69. The average molecular weight is 182 g/mol. The molecule has 1 saturated heterocycles. The second-order valence-corrected chi connectivity index (χ2v) is 3.45. The number of nitrogens with zero attached hydrogens (tertiary/aromatic N) is 1. The topological polar surface area (TPSA) is 61.3 Å². The molecule has 4 nitrogen and oxygen atoms in total. The lowest BCUT2D eigenvalue weighted by Crippen LogP contribution is -2.04. The first-order valence-electron chi connectivity index (χ1n) is 4.56. The van der Waals surface area contributed by atoms with Gasteiger partial charge in [0.15, 0.2) is 0 Å². The summed E-state index contributed by atoms with van der Waals surface area (Å²) in [5.74, 6) is 1.90. The maximum absolute atomic E-state index is 5.64. The van der Waals surface area contributed by atoms with Crippen LogP contribution in [0.3, 0.4) is 0 Å². The van der Waals surface area contributed by atoms with Crippen molar-refractivity contribution in [3.63, 3.8) is 0 Å². The second kappa shape index (κ2) is 3.47. The summed E-state index contributed by atoms with van der Waals surface area (Å²) in [6, 6.07) is -0.129. The zero-order chi connectivity index (χ0) is 9.26. The lowest BCUT2D eigenvalue weighted by Gasteiger charge is -2.01. The molecule has 72 valence electrons. The number of rotatable bonds is 2. The molecule has 0 bridgehead atoms. The summed E-state index contributed by atoms with van der Waals surface area (Å²) >= 11 is 0. The van der Waals surface area contributed by atoms with Crippen molar-refractivity contribution in [1.29, 1.82) is 0 Å². The molecule has 0 spiro atoms. The van der Waals surface area contributed by atoms with Crippen molar-refractivity contribution in [2.75, 3.05) is 13.2 Å². The number of hydrogen-bond acceptors (Lipinski definition) is 4. The molecular weight excluding hydrogens is 168 g/mol. The highest BCUT2D eigenvalue weighted by Gasteiger charge is 2.22. The Labute approximate surface area is 77.1 Å². The molecule has 0 aliphatic carbocycles. The number of ether oxygens (including phenoxy) is 1. The molecule has 1 aliphatic heterocycles. The van der Waals surface area contributed by atoms with E-state index in [1.807, 2.05) is 6.92 Å². The molecule has 2 N–H and O–H groups in total. The van der Waals surface area contributed by atoms with E-state index in [1.54, 1.807) is 6.20 Å². The van der Waals surface area contributed by atoms with E-state index in [0.29, 0.717) is 11.8 Å². The quantitative estimate of drug-likeness (QED) is 0.746. The zero-order valence-corrected chi connectivity index (χ0v) is 7.69. The van der Waals surface area contributed by atoms with Crippen molar-refractivity contribution >= 4 is 0 Å². The van der Waals surface area contributed by atoms with Crippen LogP contribution in [0, 0.1) is 0 Å². The molecule has 2 rings (SSSR count). The number of oxazole rings is 1. The molecule has 2 unspecified atom stereocenters. The summed E-state index contributed by atoms with van der Waals surface area (Å²) in [4.78, 5) is 4.11. The lowest BCUT2D eigenvalue weighted by atomic mass is 10.1. The van der Waals surface area contributed by atoms with Crippen molar-refractivity contribution < 1.29 is 9.15 Å². The normalized spacial score (nSPS) is 24.9. The van der Waals surface area contributed by atoms with Gasteiger partial charge in [-0.1, -0.05) is 0 Å². The minimum Gasteiger partial charge on any atom is -0.444 e. The summed E-state index contributed by atoms with van der Waals surface area (Å²) in [7, 11) is 0. The van der Waals surface area contributed by atoms with E-state index in [4.69, 9.17) is 14.9 Å². The molecule has 4 heteroatoms. The van der Waals surface area contributed by atoms with Gasteiger partial charge in [-0.2, -0.15) is 0 Å².